The molecule has 2 rings (SSSR count). The minimum atomic E-state index is 0.806. The van der Waals surface area contributed by atoms with Gasteiger partial charge in [-0.15, -0.1) is 0 Å². The van der Waals surface area contributed by atoms with E-state index in [4.69, 9.17) is 5.73 Å². The smallest absolute Gasteiger partial charge is 0.0632 e. The Labute approximate surface area is 97.0 Å². The zero-order valence-electron chi connectivity index (χ0n) is 8.23. The molecule has 0 bridgehead atoms. The van der Waals surface area contributed by atoms with Gasteiger partial charge in [-0.1, -0.05) is 12.1 Å². The molecular weight excluding hydrogens is 254 g/mol. The van der Waals surface area contributed by atoms with Crippen molar-refractivity contribution in [1.29, 1.82) is 0 Å². The first kappa shape index (κ1) is 10.2. The molecule has 0 unspecified atom stereocenters. The van der Waals surface area contributed by atoms with Gasteiger partial charge in [0.2, 0.25) is 0 Å². The molecule has 15 heavy (non-hydrogen) atoms. The highest BCUT2D eigenvalue weighted by molar-refractivity contribution is 9.10. The summed E-state index contributed by atoms with van der Waals surface area (Å²) in [5.41, 5.74) is 7.69. The number of aromatic nitrogens is 2. The molecule has 3 nitrogen and oxygen atoms in total. The predicted octanol–water partition coefficient (Wildman–Crippen LogP) is 2.47. The molecule has 0 amide bonds. The van der Waals surface area contributed by atoms with Crippen LogP contribution in [0.25, 0.3) is 0 Å². The van der Waals surface area contributed by atoms with E-state index < -0.39 is 0 Å². The maximum Gasteiger partial charge on any atom is 0.0632 e. The Morgan fingerprint density at radius 1 is 1.27 bits per heavy atom. The van der Waals surface area contributed by atoms with Crippen LogP contribution in [0.5, 0.6) is 0 Å². The zero-order valence-corrected chi connectivity index (χ0v) is 9.81. The highest BCUT2D eigenvalue weighted by atomic mass is 79.9. The summed E-state index contributed by atoms with van der Waals surface area (Å²) in [5, 5.41) is 4.19. The molecule has 4 heteroatoms. The first-order chi connectivity index (χ1) is 7.24. The van der Waals surface area contributed by atoms with Crippen LogP contribution >= 0.6 is 15.9 Å². The number of nitrogens with two attached hydrogens (primary N) is 1. The van der Waals surface area contributed by atoms with Crippen LogP contribution in [0.3, 0.4) is 0 Å². The summed E-state index contributed by atoms with van der Waals surface area (Å²) in [6, 6.07) is 7.95. The number of nitrogens with zero attached hydrogens (tertiary/aromatic N) is 2. The Bertz CT molecular complexity index is 433. The lowest BCUT2D eigenvalue weighted by Gasteiger charge is -2.02. The van der Waals surface area contributed by atoms with Crippen LogP contribution in [-0.4, -0.2) is 9.78 Å². The van der Waals surface area contributed by atoms with Crippen molar-refractivity contribution >= 4 is 21.6 Å². The fourth-order valence-electron chi connectivity index (χ4n) is 1.39. The third-order valence-electron chi connectivity index (χ3n) is 2.21. The average molecular weight is 266 g/mol. The molecule has 0 spiro atoms. The number of nitrogen functional groups attached to an aromatic ring is 1. The van der Waals surface area contributed by atoms with E-state index >= 15 is 0 Å². The van der Waals surface area contributed by atoms with Gasteiger partial charge in [-0.3, -0.25) is 4.68 Å². The van der Waals surface area contributed by atoms with Crippen LogP contribution in [-0.2, 0) is 13.0 Å². The van der Waals surface area contributed by atoms with E-state index in [2.05, 4.69) is 21.0 Å². The highest BCUT2D eigenvalue weighted by Gasteiger charge is 1.96. The van der Waals surface area contributed by atoms with E-state index in [-0.39, 0.29) is 0 Å². The van der Waals surface area contributed by atoms with Crippen molar-refractivity contribution in [3.63, 3.8) is 0 Å². The van der Waals surface area contributed by atoms with Gasteiger partial charge >= 0.3 is 0 Å². The lowest BCUT2D eigenvalue weighted by Crippen LogP contribution is -2.01. The van der Waals surface area contributed by atoms with E-state index in [0.717, 1.165) is 23.1 Å². The van der Waals surface area contributed by atoms with Crippen molar-refractivity contribution in [3.05, 3.63) is 46.7 Å². The molecule has 1 heterocycles. The minimum Gasteiger partial charge on any atom is -0.399 e. The SMILES string of the molecule is Nc1ccc(CCn2cc(Br)cn2)cc1. The Hall–Kier alpha value is -1.29. The molecule has 0 atom stereocenters. The summed E-state index contributed by atoms with van der Waals surface area (Å²) in [5.74, 6) is 0. The molecule has 78 valence electrons. The fraction of sp³-hybridized carbons (Fsp3) is 0.182. The molecule has 0 saturated heterocycles. The fourth-order valence-corrected chi connectivity index (χ4v) is 1.72. The minimum absolute atomic E-state index is 0.806. The molecule has 0 fully saturated rings. The van der Waals surface area contributed by atoms with Crippen LogP contribution in [0.2, 0.25) is 0 Å². The molecule has 2 N–H and O–H groups in total. The van der Waals surface area contributed by atoms with Crippen molar-refractivity contribution in [3.8, 4) is 0 Å². The lowest BCUT2D eigenvalue weighted by molar-refractivity contribution is 0.614. The second kappa shape index (κ2) is 4.49. The van der Waals surface area contributed by atoms with Crippen LogP contribution in [0.15, 0.2) is 41.1 Å². The van der Waals surface area contributed by atoms with E-state index in [1.807, 2.05) is 35.1 Å². The number of anilines is 1. The summed E-state index contributed by atoms with van der Waals surface area (Å²) >= 11 is 3.37. The average Bonchev–Trinajstić information content (AvgIpc) is 2.64. The van der Waals surface area contributed by atoms with Crippen LogP contribution in [0, 0.1) is 0 Å². The van der Waals surface area contributed by atoms with E-state index in [1.165, 1.54) is 5.56 Å². The topological polar surface area (TPSA) is 43.8 Å². The van der Waals surface area contributed by atoms with Gasteiger partial charge in [0.05, 0.1) is 10.7 Å². The number of halogens is 1. The number of benzene rings is 1. The summed E-state index contributed by atoms with van der Waals surface area (Å²) in [4.78, 5) is 0. The molecule has 0 aliphatic heterocycles. The number of hydrogen-bond acceptors (Lipinski definition) is 2. The van der Waals surface area contributed by atoms with Crippen LogP contribution in [0.4, 0.5) is 5.69 Å². The lowest BCUT2D eigenvalue weighted by atomic mass is 10.1. The summed E-state index contributed by atoms with van der Waals surface area (Å²) in [6.07, 6.45) is 4.73. The summed E-state index contributed by atoms with van der Waals surface area (Å²) < 4.78 is 2.93. The molecule has 0 aliphatic carbocycles. The van der Waals surface area contributed by atoms with E-state index in [1.54, 1.807) is 6.20 Å². The van der Waals surface area contributed by atoms with Gasteiger partial charge in [0.1, 0.15) is 0 Å². The second-order valence-electron chi connectivity index (χ2n) is 3.41. The maximum absolute atomic E-state index is 5.61. The van der Waals surface area contributed by atoms with Gasteiger partial charge in [-0.25, -0.2) is 0 Å². The first-order valence-electron chi connectivity index (χ1n) is 4.76. The van der Waals surface area contributed by atoms with E-state index in [0.29, 0.717) is 0 Å². The molecule has 1 aromatic carbocycles. The van der Waals surface area contributed by atoms with Gasteiger partial charge in [0, 0.05) is 18.4 Å². The zero-order chi connectivity index (χ0) is 10.7. The largest absolute Gasteiger partial charge is 0.399 e. The maximum atomic E-state index is 5.61. The summed E-state index contributed by atoms with van der Waals surface area (Å²) in [6.45, 7) is 0.884. The van der Waals surface area contributed by atoms with Gasteiger partial charge < -0.3 is 5.73 Å². The first-order valence-corrected chi connectivity index (χ1v) is 5.56. The number of rotatable bonds is 3. The molecular formula is C11H12BrN3. The molecule has 0 radical (unpaired) electrons. The Balaban J connectivity index is 1.96. The molecule has 0 saturated carbocycles. The van der Waals surface area contributed by atoms with Gasteiger partial charge in [0.25, 0.3) is 0 Å². The Morgan fingerprint density at radius 2 is 2.00 bits per heavy atom. The Kier molecular flexibility index (Phi) is 3.06. The third kappa shape index (κ3) is 2.83. The van der Waals surface area contributed by atoms with Gasteiger partial charge in [-0.2, -0.15) is 5.10 Å². The number of hydrogen-bond donors (Lipinski definition) is 1. The standard InChI is InChI=1S/C11H12BrN3/c12-10-7-14-15(8-10)6-5-9-1-3-11(13)4-2-9/h1-4,7-8H,5-6,13H2. The van der Waals surface area contributed by atoms with Crippen LogP contribution in [0.1, 0.15) is 5.56 Å². The normalized spacial score (nSPS) is 10.5. The third-order valence-corrected chi connectivity index (χ3v) is 2.62. The van der Waals surface area contributed by atoms with E-state index in [9.17, 15) is 0 Å². The van der Waals surface area contributed by atoms with Crippen molar-refractivity contribution < 1.29 is 0 Å². The monoisotopic (exact) mass is 265 g/mol. The van der Waals surface area contributed by atoms with Crippen molar-refractivity contribution in [2.45, 2.75) is 13.0 Å². The predicted molar refractivity (Wildman–Crippen MR) is 64.5 cm³/mol. The quantitative estimate of drug-likeness (QED) is 0.867. The van der Waals surface area contributed by atoms with Crippen molar-refractivity contribution in [2.75, 3.05) is 5.73 Å². The highest BCUT2D eigenvalue weighted by Crippen LogP contribution is 2.09. The molecule has 1 aromatic heterocycles. The number of aryl methyl sites for hydroxylation is 2. The van der Waals surface area contributed by atoms with Crippen LogP contribution < -0.4 is 5.73 Å². The second-order valence-corrected chi connectivity index (χ2v) is 4.33. The van der Waals surface area contributed by atoms with Crippen molar-refractivity contribution in [1.82, 2.24) is 9.78 Å². The molecule has 2 aromatic rings. The summed E-state index contributed by atoms with van der Waals surface area (Å²) in [7, 11) is 0. The van der Waals surface area contributed by atoms with Gasteiger partial charge in [-0.05, 0) is 40.0 Å². The Morgan fingerprint density at radius 3 is 2.60 bits per heavy atom. The van der Waals surface area contributed by atoms with Gasteiger partial charge in [0.15, 0.2) is 0 Å². The van der Waals surface area contributed by atoms with Crippen molar-refractivity contribution in [2.24, 2.45) is 0 Å². The molecule has 0 aliphatic rings.